The van der Waals surface area contributed by atoms with Gasteiger partial charge in [-0.05, 0) is 25.0 Å². The Labute approximate surface area is 128 Å². The normalized spacial score (nSPS) is 12.0. The number of carbonyl (C=O) groups excluding carboxylic acids is 2. The summed E-state index contributed by atoms with van der Waals surface area (Å²) in [6, 6.07) is 8.87. The van der Waals surface area contributed by atoms with E-state index < -0.39 is 0 Å². The molecule has 3 N–H and O–H groups in total. The molecule has 22 heavy (non-hydrogen) atoms. The van der Waals surface area contributed by atoms with Gasteiger partial charge in [0, 0.05) is 13.5 Å². The Morgan fingerprint density at radius 2 is 2.00 bits per heavy atom. The minimum Gasteiger partial charge on any atom is -0.396 e. The van der Waals surface area contributed by atoms with Crippen molar-refractivity contribution >= 4 is 11.7 Å². The number of amides is 1. The summed E-state index contributed by atoms with van der Waals surface area (Å²) < 4.78 is 0. The number of rotatable bonds is 6. The van der Waals surface area contributed by atoms with Crippen molar-refractivity contribution in [2.45, 2.75) is 26.3 Å². The highest BCUT2D eigenvalue weighted by Crippen LogP contribution is 2.18. The van der Waals surface area contributed by atoms with Crippen LogP contribution in [0, 0.1) is 6.92 Å². The maximum absolute atomic E-state index is 12.2. The van der Waals surface area contributed by atoms with Gasteiger partial charge >= 0.3 is 0 Å². The van der Waals surface area contributed by atoms with Gasteiger partial charge in [-0.3, -0.25) is 14.7 Å². The Kier molecular flexibility index (Phi) is 5.06. The number of aromatic nitrogens is 2. The molecule has 0 fully saturated rings. The first-order valence-electron chi connectivity index (χ1n) is 7.06. The fourth-order valence-electron chi connectivity index (χ4n) is 2.10. The molecule has 2 rings (SSSR count). The fourth-order valence-corrected chi connectivity index (χ4v) is 2.10. The molecule has 2 aromatic rings. The van der Waals surface area contributed by atoms with E-state index in [0.29, 0.717) is 6.42 Å². The monoisotopic (exact) mass is 301 g/mol. The number of aliphatic hydroxyl groups excluding tert-OH is 1. The van der Waals surface area contributed by atoms with Crippen molar-refractivity contribution in [2.75, 3.05) is 6.61 Å². The summed E-state index contributed by atoms with van der Waals surface area (Å²) in [6.07, 6.45) is 0.405. The zero-order valence-corrected chi connectivity index (χ0v) is 12.6. The lowest BCUT2D eigenvalue weighted by molar-refractivity contribution is 0.0924. The van der Waals surface area contributed by atoms with Gasteiger partial charge in [0.1, 0.15) is 11.4 Å². The van der Waals surface area contributed by atoms with E-state index in [2.05, 4.69) is 15.5 Å². The molecule has 1 aromatic heterocycles. The predicted octanol–water partition coefficient (Wildman–Crippen LogP) is 1.77. The maximum Gasteiger partial charge on any atom is 0.269 e. The average Bonchev–Trinajstić information content (AvgIpc) is 2.98. The van der Waals surface area contributed by atoms with Gasteiger partial charge in [0.05, 0.1) is 6.04 Å². The van der Waals surface area contributed by atoms with Gasteiger partial charge in [-0.2, -0.15) is 5.10 Å². The Hall–Kier alpha value is -2.47. The summed E-state index contributed by atoms with van der Waals surface area (Å²) in [7, 11) is 0. The quantitative estimate of drug-likeness (QED) is 0.709. The zero-order valence-electron chi connectivity index (χ0n) is 12.6. The SMILES string of the molecule is CC(=O)c1cc(C(=O)N[C@H](CCO)c2ccc(C)cc2)[nH]n1. The van der Waals surface area contributed by atoms with E-state index in [0.717, 1.165) is 11.1 Å². The number of carbonyl (C=O) groups is 2. The Bertz CT molecular complexity index is 662. The molecule has 0 aliphatic heterocycles. The smallest absolute Gasteiger partial charge is 0.269 e. The van der Waals surface area contributed by atoms with Crippen LogP contribution in [-0.2, 0) is 0 Å². The first-order valence-corrected chi connectivity index (χ1v) is 7.06. The molecular weight excluding hydrogens is 282 g/mol. The number of hydrogen-bond acceptors (Lipinski definition) is 4. The number of aromatic amines is 1. The third kappa shape index (κ3) is 3.79. The molecule has 0 bridgehead atoms. The summed E-state index contributed by atoms with van der Waals surface area (Å²) in [4.78, 5) is 23.4. The van der Waals surface area contributed by atoms with Gasteiger partial charge in [0.2, 0.25) is 0 Å². The Balaban J connectivity index is 2.14. The number of hydrogen-bond donors (Lipinski definition) is 3. The van der Waals surface area contributed by atoms with E-state index in [9.17, 15) is 14.7 Å². The number of benzene rings is 1. The van der Waals surface area contributed by atoms with Crippen LogP contribution in [0.1, 0.15) is 51.5 Å². The minimum absolute atomic E-state index is 0.0412. The zero-order chi connectivity index (χ0) is 16.1. The van der Waals surface area contributed by atoms with Crippen molar-refractivity contribution in [3.05, 3.63) is 52.8 Å². The van der Waals surface area contributed by atoms with Crippen LogP contribution in [0.2, 0.25) is 0 Å². The van der Waals surface area contributed by atoms with Crippen LogP contribution in [0.3, 0.4) is 0 Å². The van der Waals surface area contributed by atoms with Gasteiger partial charge < -0.3 is 10.4 Å². The standard InChI is InChI=1S/C16H19N3O3/c1-10-3-5-12(6-4-10)13(7-8-20)17-16(22)15-9-14(11(2)21)18-19-15/h3-6,9,13,20H,7-8H2,1-2H3,(H,17,22)(H,18,19)/t13-/m1/s1. The first-order chi connectivity index (χ1) is 10.5. The number of nitrogens with zero attached hydrogens (tertiary/aromatic N) is 1. The minimum atomic E-state index is -0.362. The highest BCUT2D eigenvalue weighted by atomic mass is 16.3. The summed E-state index contributed by atoms with van der Waals surface area (Å²) >= 11 is 0. The van der Waals surface area contributed by atoms with Crippen LogP contribution in [0.25, 0.3) is 0 Å². The van der Waals surface area contributed by atoms with Gasteiger partial charge in [0.25, 0.3) is 5.91 Å². The van der Waals surface area contributed by atoms with Gasteiger partial charge in [0.15, 0.2) is 5.78 Å². The van der Waals surface area contributed by atoms with E-state index in [4.69, 9.17) is 0 Å². The number of aryl methyl sites for hydroxylation is 1. The van der Waals surface area contributed by atoms with E-state index in [-0.39, 0.29) is 35.7 Å². The van der Waals surface area contributed by atoms with Crippen molar-refractivity contribution in [3.8, 4) is 0 Å². The van der Waals surface area contributed by atoms with E-state index >= 15 is 0 Å². The van der Waals surface area contributed by atoms with Crippen LogP contribution in [0.5, 0.6) is 0 Å². The number of aliphatic hydroxyl groups is 1. The van der Waals surface area contributed by atoms with E-state index in [1.165, 1.54) is 13.0 Å². The molecule has 0 saturated heterocycles. The summed E-state index contributed by atoms with van der Waals surface area (Å²) in [6.45, 7) is 3.33. The lowest BCUT2D eigenvalue weighted by atomic mass is 10.0. The number of ketones is 1. The highest BCUT2D eigenvalue weighted by molar-refractivity contribution is 5.97. The molecule has 0 saturated carbocycles. The number of Topliss-reactive ketones (excluding diaryl/α,β-unsaturated/α-hetero) is 1. The highest BCUT2D eigenvalue weighted by Gasteiger charge is 2.18. The summed E-state index contributed by atoms with van der Waals surface area (Å²) in [5, 5.41) is 18.4. The van der Waals surface area contributed by atoms with Crippen molar-refractivity contribution in [3.63, 3.8) is 0 Å². The third-order valence-electron chi connectivity index (χ3n) is 3.39. The van der Waals surface area contributed by atoms with E-state index in [1.807, 2.05) is 31.2 Å². The second-order valence-electron chi connectivity index (χ2n) is 5.17. The Morgan fingerprint density at radius 1 is 1.32 bits per heavy atom. The van der Waals surface area contributed by atoms with Crippen molar-refractivity contribution < 1.29 is 14.7 Å². The first kappa shape index (κ1) is 15.9. The fraction of sp³-hybridized carbons (Fsp3) is 0.312. The van der Waals surface area contributed by atoms with Gasteiger partial charge in [-0.15, -0.1) is 0 Å². The largest absolute Gasteiger partial charge is 0.396 e. The van der Waals surface area contributed by atoms with Crippen LogP contribution >= 0.6 is 0 Å². The molecule has 0 radical (unpaired) electrons. The molecule has 0 unspecified atom stereocenters. The summed E-state index contributed by atoms with van der Waals surface area (Å²) in [5.74, 6) is -0.570. The van der Waals surface area contributed by atoms with Crippen LogP contribution in [0.15, 0.2) is 30.3 Å². The topological polar surface area (TPSA) is 95.1 Å². The number of nitrogens with one attached hydrogen (secondary N) is 2. The maximum atomic E-state index is 12.2. The van der Waals surface area contributed by atoms with Crippen molar-refractivity contribution in [1.29, 1.82) is 0 Å². The van der Waals surface area contributed by atoms with Gasteiger partial charge in [-0.1, -0.05) is 29.8 Å². The number of H-pyrrole nitrogens is 1. The molecule has 0 aliphatic rings. The van der Waals surface area contributed by atoms with Crippen LogP contribution < -0.4 is 5.32 Å². The van der Waals surface area contributed by atoms with E-state index in [1.54, 1.807) is 0 Å². The predicted molar refractivity (Wildman–Crippen MR) is 81.7 cm³/mol. The van der Waals surface area contributed by atoms with Crippen LogP contribution in [0.4, 0.5) is 0 Å². The van der Waals surface area contributed by atoms with Crippen LogP contribution in [-0.4, -0.2) is 33.6 Å². The molecule has 116 valence electrons. The van der Waals surface area contributed by atoms with Crippen molar-refractivity contribution in [1.82, 2.24) is 15.5 Å². The van der Waals surface area contributed by atoms with Gasteiger partial charge in [-0.25, -0.2) is 0 Å². The van der Waals surface area contributed by atoms with Crippen molar-refractivity contribution in [2.24, 2.45) is 0 Å². The Morgan fingerprint density at radius 3 is 2.55 bits per heavy atom. The second kappa shape index (κ2) is 7.00. The lowest BCUT2D eigenvalue weighted by Crippen LogP contribution is -2.29. The second-order valence-corrected chi connectivity index (χ2v) is 5.17. The lowest BCUT2D eigenvalue weighted by Gasteiger charge is -2.18. The molecule has 1 heterocycles. The molecule has 0 aliphatic carbocycles. The molecule has 1 aromatic carbocycles. The molecule has 6 nitrogen and oxygen atoms in total. The molecule has 6 heteroatoms. The third-order valence-corrected chi connectivity index (χ3v) is 3.39. The molecule has 1 amide bonds. The average molecular weight is 301 g/mol. The molecule has 1 atom stereocenters. The summed E-state index contributed by atoms with van der Waals surface area (Å²) in [5.41, 5.74) is 2.48. The molecule has 0 spiro atoms. The molecular formula is C16H19N3O3.